The molecule has 0 radical (unpaired) electrons. The maximum Gasteiger partial charge on any atom is 0.306 e. The van der Waals surface area contributed by atoms with Crippen molar-refractivity contribution in [2.24, 2.45) is 5.92 Å². The molecule has 0 saturated heterocycles. The van der Waals surface area contributed by atoms with Crippen LogP contribution >= 0.6 is 0 Å². The van der Waals surface area contributed by atoms with Gasteiger partial charge in [-0.15, -0.1) is 0 Å². The molecule has 112 valence electrons. The van der Waals surface area contributed by atoms with Gasteiger partial charge < -0.3 is 20.3 Å². The fourth-order valence-corrected chi connectivity index (χ4v) is 2.57. The van der Waals surface area contributed by atoms with E-state index in [1.807, 2.05) is 0 Å². The Balaban J connectivity index is 2.07. The number of carboxylic acids is 1. The Morgan fingerprint density at radius 2 is 2.00 bits per heavy atom. The lowest BCUT2D eigenvalue weighted by Crippen LogP contribution is -2.44. The van der Waals surface area contributed by atoms with Crippen molar-refractivity contribution in [3.63, 3.8) is 0 Å². The van der Waals surface area contributed by atoms with Gasteiger partial charge in [-0.3, -0.25) is 4.79 Å². The highest BCUT2D eigenvalue weighted by atomic mass is 16.5. The summed E-state index contributed by atoms with van der Waals surface area (Å²) in [6.07, 6.45) is 5.62. The minimum Gasteiger partial charge on any atom is -0.481 e. The molecule has 0 aromatic carbocycles. The average molecular weight is 273 g/mol. The SMILES string of the molecule is COCCCCCNCC1(O)CCC(C(=O)O)CC1. The third-order valence-corrected chi connectivity index (χ3v) is 3.92. The first kappa shape index (κ1) is 16.4. The average Bonchev–Trinajstić information content (AvgIpc) is 2.38. The molecule has 1 rings (SSSR count). The molecular formula is C14H27NO4. The number of nitrogens with one attached hydrogen (secondary N) is 1. The van der Waals surface area contributed by atoms with Crippen LogP contribution < -0.4 is 5.32 Å². The number of ether oxygens (including phenoxy) is 1. The number of rotatable bonds is 9. The smallest absolute Gasteiger partial charge is 0.306 e. The van der Waals surface area contributed by atoms with Gasteiger partial charge in [0.2, 0.25) is 0 Å². The molecule has 1 aliphatic rings. The zero-order valence-corrected chi connectivity index (χ0v) is 11.9. The Morgan fingerprint density at radius 3 is 2.58 bits per heavy atom. The summed E-state index contributed by atoms with van der Waals surface area (Å²) in [7, 11) is 1.71. The van der Waals surface area contributed by atoms with Gasteiger partial charge in [-0.2, -0.15) is 0 Å². The monoisotopic (exact) mass is 273 g/mol. The zero-order chi connectivity index (χ0) is 14.1. The van der Waals surface area contributed by atoms with E-state index in [4.69, 9.17) is 9.84 Å². The zero-order valence-electron chi connectivity index (χ0n) is 11.9. The van der Waals surface area contributed by atoms with E-state index in [1.54, 1.807) is 7.11 Å². The van der Waals surface area contributed by atoms with Crippen molar-refractivity contribution in [1.82, 2.24) is 5.32 Å². The van der Waals surface area contributed by atoms with Gasteiger partial charge in [0.05, 0.1) is 11.5 Å². The van der Waals surface area contributed by atoms with E-state index < -0.39 is 11.6 Å². The maximum absolute atomic E-state index is 10.8. The standard InChI is InChI=1S/C14H27NO4/c1-19-10-4-2-3-9-15-11-14(18)7-5-12(6-8-14)13(16)17/h12,15,18H,2-11H2,1H3,(H,16,17). The van der Waals surface area contributed by atoms with Crippen LogP contribution in [0.4, 0.5) is 0 Å². The van der Waals surface area contributed by atoms with Crippen molar-refractivity contribution in [3.05, 3.63) is 0 Å². The highest BCUT2D eigenvalue weighted by molar-refractivity contribution is 5.70. The summed E-state index contributed by atoms with van der Waals surface area (Å²) in [6, 6.07) is 0. The topological polar surface area (TPSA) is 78.8 Å². The van der Waals surface area contributed by atoms with E-state index in [9.17, 15) is 9.90 Å². The van der Waals surface area contributed by atoms with Crippen LogP contribution in [0.25, 0.3) is 0 Å². The lowest BCUT2D eigenvalue weighted by Gasteiger charge is -2.34. The Labute approximate surface area is 115 Å². The summed E-state index contributed by atoms with van der Waals surface area (Å²) < 4.78 is 4.98. The Kier molecular flexibility index (Phi) is 7.34. The molecule has 0 aliphatic heterocycles. The van der Waals surface area contributed by atoms with E-state index in [1.165, 1.54) is 0 Å². The van der Waals surface area contributed by atoms with Crippen LogP contribution in [-0.4, -0.2) is 48.6 Å². The van der Waals surface area contributed by atoms with Crippen molar-refractivity contribution in [2.45, 2.75) is 50.5 Å². The third kappa shape index (κ3) is 6.36. The molecule has 3 N–H and O–H groups in total. The molecule has 0 spiro atoms. The molecule has 0 amide bonds. The van der Waals surface area contributed by atoms with Gasteiger partial charge in [0, 0.05) is 20.3 Å². The number of carbonyl (C=O) groups is 1. The summed E-state index contributed by atoms with van der Waals surface area (Å²) in [6.45, 7) is 2.28. The summed E-state index contributed by atoms with van der Waals surface area (Å²) in [4.78, 5) is 10.8. The molecule has 5 heteroatoms. The molecule has 0 heterocycles. The van der Waals surface area contributed by atoms with Crippen molar-refractivity contribution < 1.29 is 19.7 Å². The molecule has 19 heavy (non-hydrogen) atoms. The van der Waals surface area contributed by atoms with Gasteiger partial charge in [-0.25, -0.2) is 0 Å². The molecule has 0 unspecified atom stereocenters. The van der Waals surface area contributed by atoms with Gasteiger partial charge in [0.25, 0.3) is 0 Å². The quantitative estimate of drug-likeness (QED) is 0.553. The van der Waals surface area contributed by atoms with Crippen LogP contribution in [0, 0.1) is 5.92 Å². The van der Waals surface area contributed by atoms with Crippen LogP contribution in [0.1, 0.15) is 44.9 Å². The van der Waals surface area contributed by atoms with Crippen molar-refractivity contribution in [2.75, 3.05) is 26.8 Å². The first-order valence-electron chi connectivity index (χ1n) is 7.22. The van der Waals surface area contributed by atoms with Crippen LogP contribution in [-0.2, 0) is 9.53 Å². The molecule has 1 saturated carbocycles. The Bertz CT molecular complexity index is 262. The maximum atomic E-state index is 10.8. The molecular weight excluding hydrogens is 246 g/mol. The van der Waals surface area contributed by atoms with Crippen molar-refractivity contribution in [1.29, 1.82) is 0 Å². The van der Waals surface area contributed by atoms with Crippen LogP contribution in [0.3, 0.4) is 0 Å². The molecule has 0 aromatic rings. The summed E-state index contributed by atoms with van der Waals surface area (Å²) in [5, 5.41) is 22.5. The normalized spacial score (nSPS) is 27.4. The van der Waals surface area contributed by atoms with Crippen molar-refractivity contribution in [3.8, 4) is 0 Å². The second-order valence-electron chi connectivity index (χ2n) is 5.57. The second-order valence-corrected chi connectivity index (χ2v) is 5.57. The minimum atomic E-state index is -0.729. The van der Waals surface area contributed by atoms with E-state index >= 15 is 0 Å². The van der Waals surface area contributed by atoms with Crippen molar-refractivity contribution >= 4 is 5.97 Å². The summed E-state index contributed by atoms with van der Waals surface area (Å²) in [5.41, 5.74) is -0.710. The third-order valence-electron chi connectivity index (χ3n) is 3.92. The number of aliphatic hydroxyl groups is 1. The predicted octanol–water partition coefficient (Wildman–Crippen LogP) is 1.40. The first-order chi connectivity index (χ1) is 9.07. The molecule has 0 bridgehead atoms. The lowest BCUT2D eigenvalue weighted by atomic mass is 9.79. The van der Waals surface area contributed by atoms with Gasteiger partial charge in [0.15, 0.2) is 0 Å². The predicted molar refractivity (Wildman–Crippen MR) is 73.1 cm³/mol. The van der Waals surface area contributed by atoms with Gasteiger partial charge >= 0.3 is 5.97 Å². The number of methoxy groups -OCH3 is 1. The first-order valence-corrected chi connectivity index (χ1v) is 7.22. The molecule has 0 aromatic heterocycles. The van der Waals surface area contributed by atoms with E-state index in [0.717, 1.165) is 32.4 Å². The largest absolute Gasteiger partial charge is 0.481 e. The molecule has 5 nitrogen and oxygen atoms in total. The van der Waals surface area contributed by atoms with Gasteiger partial charge in [0.1, 0.15) is 0 Å². The van der Waals surface area contributed by atoms with E-state index in [0.29, 0.717) is 32.2 Å². The number of hydrogen-bond acceptors (Lipinski definition) is 4. The fraction of sp³-hybridized carbons (Fsp3) is 0.929. The Morgan fingerprint density at radius 1 is 1.32 bits per heavy atom. The highest BCUT2D eigenvalue weighted by Crippen LogP contribution is 2.31. The number of unbranched alkanes of at least 4 members (excludes halogenated alkanes) is 2. The van der Waals surface area contributed by atoms with Crippen LogP contribution in [0.15, 0.2) is 0 Å². The second kappa shape index (κ2) is 8.51. The number of aliphatic carboxylic acids is 1. The van der Waals surface area contributed by atoms with Gasteiger partial charge in [-0.1, -0.05) is 0 Å². The molecule has 0 atom stereocenters. The summed E-state index contributed by atoms with van der Waals surface area (Å²) >= 11 is 0. The van der Waals surface area contributed by atoms with Crippen LogP contribution in [0.5, 0.6) is 0 Å². The molecule has 1 aliphatic carbocycles. The van der Waals surface area contributed by atoms with E-state index in [2.05, 4.69) is 5.32 Å². The highest BCUT2D eigenvalue weighted by Gasteiger charge is 2.35. The summed E-state index contributed by atoms with van der Waals surface area (Å²) in [5.74, 6) is -0.998. The number of hydrogen-bond donors (Lipinski definition) is 3. The lowest BCUT2D eigenvalue weighted by molar-refractivity contribution is -0.144. The number of carboxylic acid groups (broad SMARTS) is 1. The van der Waals surface area contributed by atoms with E-state index in [-0.39, 0.29) is 5.92 Å². The van der Waals surface area contributed by atoms with Gasteiger partial charge in [-0.05, 0) is 51.5 Å². The molecule has 1 fully saturated rings. The Hall–Kier alpha value is -0.650. The minimum absolute atomic E-state index is 0.269. The fourth-order valence-electron chi connectivity index (χ4n) is 2.57. The van der Waals surface area contributed by atoms with Crippen LogP contribution in [0.2, 0.25) is 0 Å².